The molecular formula is C15H32O2Zr. The Kier molecular flexibility index (Phi) is 2.56. The van der Waals surface area contributed by atoms with Crippen LogP contribution in [0.15, 0.2) is 23.8 Å². The first-order valence-corrected chi connectivity index (χ1v) is 23.4. The van der Waals surface area contributed by atoms with E-state index in [-0.39, 0.29) is 0 Å². The molecule has 1 rings (SSSR count). The van der Waals surface area contributed by atoms with Gasteiger partial charge in [0.15, 0.2) is 0 Å². The van der Waals surface area contributed by atoms with Crippen molar-refractivity contribution in [3.05, 3.63) is 23.8 Å². The summed E-state index contributed by atoms with van der Waals surface area (Å²) >= 11 is -5.02. The second kappa shape index (κ2) is 2.82. The Morgan fingerprint density at radius 3 is 1.83 bits per heavy atom. The zero-order valence-electron chi connectivity index (χ0n) is 13.4. The molecule has 0 saturated carbocycles. The molecule has 0 unspecified atom stereocenters. The fraction of sp³-hybridized carbons (Fsp3) is 0.733. The van der Waals surface area contributed by atoms with Crippen molar-refractivity contribution < 1.29 is 20.8 Å². The third kappa shape index (κ3) is 3.65. The molecule has 0 amide bonds. The van der Waals surface area contributed by atoms with E-state index in [0.717, 1.165) is 10.5 Å². The zero-order chi connectivity index (χ0) is 14.3. The van der Waals surface area contributed by atoms with Crippen LogP contribution in [0.4, 0.5) is 0 Å². The summed E-state index contributed by atoms with van der Waals surface area (Å²) in [6.07, 6.45) is 7.57. The van der Waals surface area contributed by atoms with Crippen LogP contribution in [-0.4, -0.2) is 13.2 Å². The summed E-state index contributed by atoms with van der Waals surface area (Å²) in [5.41, 5.74) is 1.42. The molecule has 0 bridgehead atoms. The van der Waals surface area contributed by atoms with Crippen molar-refractivity contribution in [1.82, 2.24) is 0 Å². The van der Waals surface area contributed by atoms with E-state index in [1.165, 1.54) is 5.57 Å². The Balaban J connectivity index is 3.43. The van der Waals surface area contributed by atoms with Gasteiger partial charge in [0.2, 0.25) is 0 Å². The van der Waals surface area contributed by atoms with Crippen molar-refractivity contribution in [1.29, 1.82) is 0 Å². The molecule has 0 heterocycles. The van der Waals surface area contributed by atoms with Crippen LogP contribution in [0.5, 0.6) is 0 Å². The number of hydrogen-bond acceptors (Lipinski definition) is 2. The van der Waals surface area contributed by atoms with E-state index in [4.69, 9.17) is 5.63 Å². The normalized spacial score (nSPS) is 24.7. The van der Waals surface area contributed by atoms with Crippen molar-refractivity contribution in [3.8, 4) is 0 Å². The number of hydrogen-bond donors (Lipinski definition) is 0. The Bertz CT molecular complexity index is 443. The van der Waals surface area contributed by atoms with E-state index in [9.17, 15) is 0 Å². The minimum absolute atomic E-state index is 0.683. The maximum absolute atomic E-state index is 6.57. The molecule has 0 atom stereocenters. The van der Waals surface area contributed by atoms with Crippen molar-refractivity contribution in [2.75, 3.05) is 13.2 Å². The predicted octanol–water partition coefficient (Wildman–Crippen LogP) is 5.73. The van der Waals surface area contributed by atoms with Crippen LogP contribution < -0.4 is 0 Å². The molecule has 0 fully saturated rings. The molecule has 0 aromatic heterocycles. The van der Waals surface area contributed by atoms with Crippen LogP contribution in [0.2, 0.25) is 27.3 Å². The van der Waals surface area contributed by atoms with Crippen LogP contribution in [0.25, 0.3) is 0 Å². The predicted molar refractivity (Wildman–Crippen MR) is 79.2 cm³/mol. The summed E-state index contributed by atoms with van der Waals surface area (Å²) in [5, 5.41) is 0. The van der Waals surface area contributed by atoms with Gasteiger partial charge in [-0.2, -0.15) is 0 Å². The SMILES string of the molecule is CC[O][Zr]([CH3])([CH3])([CH3])([CH3])([CH3])([CH2]C1=CC=CC1)[O]CC. The third-order valence-corrected chi connectivity index (χ3v) is 20.4. The second-order valence-corrected chi connectivity index (χ2v) is 59.1. The van der Waals surface area contributed by atoms with E-state index in [1.54, 1.807) is 0 Å². The van der Waals surface area contributed by atoms with Gasteiger partial charge in [-0.05, 0) is 0 Å². The maximum atomic E-state index is 6.57. The van der Waals surface area contributed by atoms with Gasteiger partial charge in [0.05, 0.1) is 0 Å². The van der Waals surface area contributed by atoms with Gasteiger partial charge in [-0.1, -0.05) is 0 Å². The third-order valence-electron chi connectivity index (χ3n) is 4.16. The van der Waals surface area contributed by atoms with E-state index in [1.807, 2.05) is 0 Å². The Labute approximate surface area is 105 Å². The van der Waals surface area contributed by atoms with Crippen LogP contribution in [0, 0.1) is 0 Å². The zero-order valence-corrected chi connectivity index (χ0v) is 15.8. The van der Waals surface area contributed by atoms with Gasteiger partial charge in [-0.15, -0.1) is 0 Å². The van der Waals surface area contributed by atoms with Crippen molar-refractivity contribution in [2.24, 2.45) is 0 Å². The molecule has 0 aromatic carbocycles. The molecule has 0 saturated heterocycles. The molecule has 1 aliphatic rings. The quantitative estimate of drug-likeness (QED) is 0.617. The first-order chi connectivity index (χ1) is 7.66. The van der Waals surface area contributed by atoms with Crippen molar-refractivity contribution in [2.45, 2.75) is 47.6 Å². The van der Waals surface area contributed by atoms with E-state index < -0.39 is 15.2 Å². The fourth-order valence-electron chi connectivity index (χ4n) is 3.85. The van der Waals surface area contributed by atoms with Gasteiger partial charge < -0.3 is 0 Å². The number of rotatable bonds is 6. The summed E-state index contributed by atoms with van der Waals surface area (Å²) < 4.78 is 25.4. The van der Waals surface area contributed by atoms with Gasteiger partial charge in [-0.3, -0.25) is 0 Å². The van der Waals surface area contributed by atoms with Crippen LogP contribution in [-0.2, 0) is 20.8 Å². The molecule has 3 heteroatoms. The first kappa shape index (κ1) is 16.3. The summed E-state index contributed by atoms with van der Waals surface area (Å²) in [4.78, 5) is 0. The Morgan fingerprint density at radius 2 is 1.50 bits per heavy atom. The topological polar surface area (TPSA) is 18.5 Å². The van der Waals surface area contributed by atoms with E-state index >= 15 is 0 Å². The molecule has 0 N–H and O–H groups in total. The van der Waals surface area contributed by atoms with E-state index in [2.05, 4.69) is 55.2 Å². The minimum atomic E-state index is -5.02. The van der Waals surface area contributed by atoms with E-state index in [0.29, 0.717) is 13.2 Å². The standard InChI is InChI=1S/C6H7.2C2H5O.5CH3.Zr/c1-6-4-2-3-5-6;2*1-2-3;;;;;;/h2-4H,1,5H2;2*2H2,1H3;5*1H3;/q;2*-1;;;;;;+2. The second-order valence-electron chi connectivity index (χ2n) is 11.7. The van der Waals surface area contributed by atoms with Crippen LogP contribution >= 0.6 is 0 Å². The molecule has 2 nitrogen and oxygen atoms in total. The monoisotopic (exact) mass is 334 g/mol. The van der Waals surface area contributed by atoms with Gasteiger partial charge in [0.1, 0.15) is 0 Å². The number of allylic oxidation sites excluding steroid dienone is 4. The molecule has 0 radical (unpaired) electrons. The van der Waals surface area contributed by atoms with Gasteiger partial charge in [0, 0.05) is 0 Å². The summed E-state index contributed by atoms with van der Waals surface area (Å²) in [5.74, 6) is 0. The summed E-state index contributed by atoms with van der Waals surface area (Å²) in [6.45, 7) is 5.49. The van der Waals surface area contributed by atoms with Crippen molar-refractivity contribution >= 4 is 0 Å². The van der Waals surface area contributed by atoms with Crippen LogP contribution in [0.3, 0.4) is 0 Å². The molecule has 0 aliphatic heterocycles. The summed E-state index contributed by atoms with van der Waals surface area (Å²) in [7, 11) is 0. The van der Waals surface area contributed by atoms with Gasteiger partial charge in [0.25, 0.3) is 0 Å². The average Bonchev–Trinajstić information content (AvgIpc) is 2.52. The molecular weight excluding hydrogens is 303 g/mol. The van der Waals surface area contributed by atoms with Crippen molar-refractivity contribution in [3.63, 3.8) is 0 Å². The van der Waals surface area contributed by atoms with Gasteiger partial charge >= 0.3 is 105 Å². The summed E-state index contributed by atoms with van der Waals surface area (Å²) in [6, 6.07) is 0. The molecule has 0 aromatic rings. The molecule has 1 aliphatic carbocycles. The van der Waals surface area contributed by atoms with Gasteiger partial charge in [-0.25, -0.2) is 0 Å². The first-order valence-electron chi connectivity index (χ1n) is 7.32. The molecule has 18 heavy (non-hydrogen) atoms. The molecule has 108 valence electrons. The Hall–Kier alpha value is 0.283. The Morgan fingerprint density at radius 1 is 1.00 bits per heavy atom. The fourth-order valence-corrected chi connectivity index (χ4v) is 20.4. The average molecular weight is 336 g/mol. The molecule has 0 spiro atoms. The van der Waals surface area contributed by atoms with Crippen LogP contribution in [0.1, 0.15) is 20.3 Å².